The molecule has 13 heavy (non-hydrogen) atoms. The summed E-state index contributed by atoms with van der Waals surface area (Å²) in [5.41, 5.74) is 3.85. The fraction of sp³-hybridized carbons (Fsp3) is 0.500. The van der Waals surface area contributed by atoms with Crippen molar-refractivity contribution in [2.75, 3.05) is 5.32 Å². The molecule has 1 aliphatic heterocycles. The Morgan fingerprint density at radius 3 is 2.46 bits per heavy atom. The van der Waals surface area contributed by atoms with Gasteiger partial charge in [0.15, 0.2) is 5.78 Å². The van der Waals surface area contributed by atoms with E-state index in [2.05, 4.69) is 10.3 Å². The van der Waals surface area contributed by atoms with Gasteiger partial charge in [0.25, 0.3) is 0 Å². The third-order valence-corrected chi connectivity index (χ3v) is 3.15. The number of hydrogen-bond donors (Lipinski definition) is 2. The average molecular weight is 176 g/mol. The van der Waals surface area contributed by atoms with Crippen molar-refractivity contribution < 1.29 is 4.79 Å². The molecule has 2 heterocycles. The van der Waals surface area contributed by atoms with Crippen LogP contribution in [-0.2, 0) is 0 Å². The van der Waals surface area contributed by atoms with Crippen molar-refractivity contribution in [1.82, 2.24) is 4.98 Å². The van der Waals surface area contributed by atoms with E-state index in [-0.39, 0.29) is 5.54 Å². The lowest BCUT2D eigenvalue weighted by Gasteiger charge is -2.06. The topological polar surface area (TPSA) is 44.9 Å². The SMILES string of the molecule is Cc1[nH]c(C)c2c1NC1(CC1)C2=O. The Kier molecular flexibility index (Phi) is 1.00. The van der Waals surface area contributed by atoms with Crippen LogP contribution in [0.15, 0.2) is 0 Å². The Labute approximate surface area is 76.5 Å². The molecule has 0 radical (unpaired) electrons. The molecule has 1 aliphatic carbocycles. The van der Waals surface area contributed by atoms with E-state index in [0.717, 1.165) is 35.5 Å². The lowest BCUT2D eigenvalue weighted by atomic mass is 10.1. The highest BCUT2D eigenvalue weighted by atomic mass is 16.1. The fourth-order valence-corrected chi connectivity index (χ4v) is 2.23. The van der Waals surface area contributed by atoms with Crippen LogP contribution in [0.5, 0.6) is 0 Å². The molecule has 3 nitrogen and oxygen atoms in total. The molecule has 0 atom stereocenters. The van der Waals surface area contributed by atoms with Crippen molar-refractivity contribution in [2.45, 2.75) is 32.2 Å². The van der Waals surface area contributed by atoms with Gasteiger partial charge in [-0.2, -0.15) is 0 Å². The molecule has 3 heteroatoms. The zero-order chi connectivity index (χ0) is 9.22. The number of carbonyl (C=O) groups excluding carboxylic acids is 1. The highest BCUT2D eigenvalue weighted by molar-refractivity contribution is 6.16. The molecular formula is C10H12N2O. The molecule has 0 unspecified atom stereocenters. The van der Waals surface area contributed by atoms with E-state index in [9.17, 15) is 4.79 Å². The number of nitrogens with one attached hydrogen (secondary N) is 2. The standard InChI is InChI=1S/C10H12N2O/c1-5-7-8(6(2)11-5)12-10(3-4-10)9(7)13/h11-12H,3-4H2,1-2H3. The number of H-pyrrole nitrogens is 1. The molecular weight excluding hydrogens is 164 g/mol. The second kappa shape index (κ2) is 1.81. The van der Waals surface area contributed by atoms with Gasteiger partial charge in [0.05, 0.1) is 11.3 Å². The molecule has 1 spiro atoms. The Bertz CT molecular complexity index is 413. The minimum Gasteiger partial charge on any atom is -0.370 e. The van der Waals surface area contributed by atoms with Crippen molar-refractivity contribution in [3.8, 4) is 0 Å². The summed E-state index contributed by atoms with van der Waals surface area (Å²) in [6, 6.07) is 0. The summed E-state index contributed by atoms with van der Waals surface area (Å²) < 4.78 is 0. The molecule has 0 saturated heterocycles. The fourth-order valence-electron chi connectivity index (χ4n) is 2.23. The second-order valence-electron chi connectivity index (χ2n) is 4.16. The first-order chi connectivity index (χ1) is 6.14. The minimum absolute atomic E-state index is 0.185. The van der Waals surface area contributed by atoms with E-state index in [0.29, 0.717) is 5.78 Å². The van der Waals surface area contributed by atoms with Crippen LogP contribution in [0.3, 0.4) is 0 Å². The first kappa shape index (κ1) is 7.18. The van der Waals surface area contributed by atoms with Crippen LogP contribution < -0.4 is 5.32 Å². The number of aryl methyl sites for hydroxylation is 2. The summed E-state index contributed by atoms with van der Waals surface area (Å²) in [6.45, 7) is 3.97. The molecule has 3 rings (SSSR count). The van der Waals surface area contributed by atoms with Crippen molar-refractivity contribution in [3.05, 3.63) is 17.0 Å². The summed E-state index contributed by atoms with van der Waals surface area (Å²) in [6.07, 6.45) is 2.00. The van der Waals surface area contributed by atoms with Gasteiger partial charge in [-0.05, 0) is 26.7 Å². The van der Waals surface area contributed by atoms with E-state index >= 15 is 0 Å². The number of fused-ring (bicyclic) bond motifs is 1. The first-order valence-corrected chi connectivity index (χ1v) is 4.66. The maximum Gasteiger partial charge on any atom is 0.192 e. The zero-order valence-corrected chi connectivity index (χ0v) is 7.82. The molecule has 0 amide bonds. The number of carbonyl (C=O) groups is 1. The van der Waals surface area contributed by atoms with Crippen molar-refractivity contribution in [2.24, 2.45) is 0 Å². The van der Waals surface area contributed by atoms with Crippen molar-refractivity contribution in [3.63, 3.8) is 0 Å². The molecule has 0 aromatic carbocycles. The number of hydrogen-bond acceptors (Lipinski definition) is 2. The highest BCUT2D eigenvalue weighted by Gasteiger charge is 2.56. The third-order valence-electron chi connectivity index (χ3n) is 3.15. The smallest absolute Gasteiger partial charge is 0.192 e. The van der Waals surface area contributed by atoms with Gasteiger partial charge in [0, 0.05) is 11.4 Å². The number of aromatic amines is 1. The van der Waals surface area contributed by atoms with Crippen LogP contribution in [-0.4, -0.2) is 16.3 Å². The predicted octanol–water partition coefficient (Wildman–Crippen LogP) is 1.77. The number of rotatable bonds is 0. The van der Waals surface area contributed by atoms with E-state index in [1.54, 1.807) is 0 Å². The van der Waals surface area contributed by atoms with Gasteiger partial charge in [-0.15, -0.1) is 0 Å². The lowest BCUT2D eigenvalue weighted by Crippen LogP contribution is -2.24. The third kappa shape index (κ3) is 0.682. The van der Waals surface area contributed by atoms with E-state index in [1.807, 2.05) is 13.8 Å². The number of aromatic nitrogens is 1. The van der Waals surface area contributed by atoms with Gasteiger partial charge >= 0.3 is 0 Å². The summed E-state index contributed by atoms with van der Waals surface area (Å²) in [5.74, 6) is 0.296. The molecule has 2 N–H and O–H groups in total. The van der Waals surface area contributed by atoms with Crippen LogP contribution in [0.25, 0.3) is 0 Å². The van der Waals surface area contributed by atoms with Crippen LogP contribution in [0.1, 0.15) is 34.6 Å². The minimum atomic E-state index is -0.185. The van der Waals surface area contributed by atoms with Crippen LogP contribution in [0, 0.1) is 13.8 Å². The second-order valence-corrected chi connectivity index (χ2v) is 4.16. The normalized spacial score (nSPS) is 21.8. The van der Waals surface area contributed by atoms with Crippen LogP contribution in [0.4, 0.5) is 5.69 Å². The highest BCUT2D eigenvalue weighted by Crippen LogP contribution is 2.49. The van der Waals surface area contributed by atoms with Gasteiger partial charge in [0.2, 0.25) is 0 Å². The Balaban J connectivity index is 2.23. The number of Topliss-reactive ketones (excluding diaryl/α,β-unsaturated/α-hetero) is 1. The average Bonchev–Trinajstić information content (AvgIpc) is 2.70. The molecule has 1 saturated carbocycles. The van der Waals surface area contributed by atoms with E-state index in [1.165, 1.54) is 0 Å². The zero-order valence-electron chi connectivity index (χ0n) is 7.82. The summed E-state index contributed by atoms with van der Waals surface area (Å²) in [7, 11) is 0. The lowest BCUT2D eigenvalue weighted by molar-refractivity contribution is 0.0968. The van der Waals surface area contributed by atoms with Gasteiger partial charge in [-0.1, -0.05) is 0 Å². The van der Waals surface area contributed by atoms with Gasteiger partial charge < -0.3 is 10.3 Å². The molecule has 1 fully saturated rings. The van der Waals surface area contributed by atoms with Crippen molar-refractivity contribution >= 4 is 11.5 Å². The molecule has 1 aromatic heterocycles. The number of anilines is 1. The van der Waals surface area contributed by atoms with Crippen LogP contribution >= 0.6 is 0 Å². The Hall–Kier alpha value is -1.25. The van der Waals surface area contributed by atoms with E-state index in [4.69, 9.17) is 0 Å². The van der Waals surface area contributed by atoms with Crippen molar-refractivity contribution in [1.29, 1.82) is 0 Å². The molecule has 2 aliphatic rings. The quantitative estimate of drug-likeness (QED) is 0.632. The first-order valence-electron chi connectivity index (χ1n) is 4.66. The monoisotopic (exact) mass is 176 g/mol. The molecule has 68 valence electrons. The molecule has 0 bridgehead atoms. The summed E-state index contributed by atoms with van der Waals surface area (Å²) in [4.78, 5) is 15.1. The summed E-state index contributed by atoms with van der Waals surface area (Å²) in [5, 5.41) is 3.34. The Morgan fingerprint density at radius 2 is 1.92 bits per heavy atom. The molecule has 1 aromatic rings. The van der Waals surface area contributed by atoms with E-state index < -0.39 is 0 Å². The predicted molar refractivity (Wildman–Crippen MR) is 50.2 cm³/mol. The number of ketones is 1. The maximum absolute atomic E-state index is 11.9. The van der Waals surface area contributed by atoms with Gasteiger partial charge in [0.1, 0.15) is 5.54 Å². The summed E-state index contributed by atoms with van der Waals surface area (Å²) >= 11 is 0. The Morgan fingerprint density at radius 1 is 1.23 bits per heavy atom. The largest absolute Gasteiger partial charge is 0.370 e. The van der Waals surface area contributed by atoms with Gasteiger partial charge in [-0.25, -0.2) is 0 Å². The van der Waals surface area contributed by atoms with Gasteiger partial charge in [-0.3, -0.25) is 4.79 Å². The maximum atomic E-state index is 11.9. The van der Waals surface area contributed by atoms with Crippen LogP contribution in [0.2, 0.25) is 0 Å².